The first-order chi connectivity index (χ1) is 8.57. The van der Waals surface area contributed by atoms with Gasteiger partial charge in [-0.3, -0.25) is 9.48 Å². The van der Waals surface area contributed by atoms with E-state index in [2.05, 4.69) is 17.3 Å². The first kappa shape index (κ1) is 12.9. The predicted octanol–water partition coefficient (Wildman–Crippen LogP) is 1.55. The number of aromatic nitrogens is 2. The van der Waals surface area contributed by atoms with Gasteiger partial charge >= 0.3 is 0 Å². The van der Waals surface area contributed by atoms with Crippen molar-refractivity contribution in [2.45, 2.75) is 45.6 Å². The molecule has 5 nitrogen and oxygen atoms in total. The van der Waals surface area contributed by atoms with E-state index in [1.807, 2.05) is 0 Å². The first-order valence-corrected chi connectivity index (χ1v) is 6.62. The molecule has 0 saturated heterocycles. The standard InChI is InChI=1S/C13H22N4O/c1-13(5-3-2-4-6-13)10-15-12(18)9-17-8-11(14)7-16-17/h7-8H,2-6,9-10,14H2,1H3,(H,15,18). The minimum absolute atomic E-state index is 0.00454. The van der Waals surface area contributed by atoms with Crippen molar-refractivity contribution in [2.75, 3.05) is 12.3 Å². The third kappa shape index (κ3) is 3.48. The Balaban J connectivity index is 1.77. The summed E-state index contributed by atoms with van der Waals surface area (Å²) >= 11 is 0. The summed E-state index contributed by atoms with van der Waals surface area (Å²) in [5.41, 5.74) is 6.41. The van der Waals surface area contributed by atoms with Crippen molar-refractivity contribution in [3.8, 4) is 0 Å². The molecule has 0 aromatic carbocycles. The number of hydrogen-bond acceptors (Lipinski definition) is 3. The van der Waals surface area contributed by atoms with E-state index in [4.69, 9.17) is 5.73 Å². The molecule has 1 heterocycles. The smallest absolute Gasteiger partial charge is 0.241 e. The highest BCUT2D eigenvalue weighted by atomic mass is 16.2. The number of nitrogens with one attached hydrogen (secondary N) is 1. The second-order valence-electron chi connectivity index (χ2n) is 5.62. The van der Waals surface area contributed by atoms with Crippen LogP contribution in [0.25, 0.3) is 0 Å². The summed E-state index contributed by atoms with van der Waals surface area (Å²) in [5.74, 6) is 0.00454. The van der Waals surface area contributed by atoms with Gasteiger partial charge in [0.25, 0.3) is 0 Å². The second kappa shape index (κ2) is 5.42. The predicted molar refractivity (Wildman–Crippen MR) is 70.8 cm³/mol. The number of anilines is 1. The molecule has 0 atom stereocenters. The number of rotatable bonds is 4. The molecule has 0 bridgehead atoms. The summed E-state index contributed by atoms with van der Waals surface area (Å²) in [5, 5.41) is 7.01. The van der Waals surface area contributed by atoms with Gasteiger partial charge in [-0.2, -0.15) is 5.10 Å². The molecule has 5 heteroatoms. The molecular formula is C13H22N4O. The van der Waals surface area contributed by atoms with Gasteiger partial charge in [-0.1, -0.05) is 26.2 Å². The van der Waals surface area contributed by atoms with Gasteiger partial charge in [0.1, 0.15) is 6.54 Å². The molecule has 1 aliphatic rings. The summed E-state index contributed by atoms with van der Waals surface area (Å²) in [7, 11) is 0. The number of carbonyl (C=O) groups excluding carboxylic acids is 1. The number of nitrogens with zero attached hydrogens (tertiary/aromatic N) is 2. The van der Waals surface area contributed by atoms with Gasteiger partial charge in [0, 0.05) is 12.7 Å². The van der Waals surface area contributed by atoms with Gasteiger partial charge in [-0.25, -0.2) is 0 Å². The molecule has 2 rings (SSSR count). The Morgan fingerprint density at radius 2 is 2.22 bits per heavy atom. The lowest BCUT2D eigenvalue weighted by Gasteiger charge is -2.33. The summed E-state index contributed by atoms with van der Waals surface area (Å²) in [6.45, 7) is 3.27. The van der Waals surface area contributed by atoms with Crippen molar-refractivity contribution in [2.24, 2.45) is 5.41 Å². The Bertz CT molecular complexity index is 407. The lowest BCUT2D eigenvalue weighted by atomic mass is 9.76. The molecule has 1 aromatic heterocycles. The zero-order valence-corrected chi connectivity index (χ0v) is 11.0. The van der Waals surface area contributed by atoms with Crippen LogP contribution in [-0.4, -0.2) is 22.2 Å². The molecule has 100 valence electrons. The maximum atomic E-state index is 11.8. The monoisotopic (exact) mass is 250 g/mol. The molecule has 1 fully saturated rings. The number of amides is 1. The quantitative estimate of drug-likeness (QED) is 0.851. The molecule has 18 heavy (non-hydrogen) atoms. The molecule has 1 aromatic rings. The fourth-order valence-corrected chi connectivity index (χ4v) is 2.56. The largest absolute Gasteiger partial charge is 0.396 e. The van der Waals surface area contributed by atoms with Crippen LogP contribution in [0.15, 0.2) is 12.4 Å². The first-order valence-electron chi connectivity index (χ1n) is 6.62. The highest BCUT2D eigenvalue weighted by Gasteiger charge is 2.26. The van der Waals surface area contributed by atoms with Crippen LogP contribution in [0, 0.1) is 5.41 Å². The molecule has 0 unspecified atom stereocenters. The molecule has 0 aliphatic heterocycles. The van der Waals surface area contributed by atoms with Crippen LogP contribution < -0.4 is 11.1 Å². The Morgan fingerprint density at radius 1 is 1.50 bits per heavy atom. The average Bonchev–Trinajstić information content (AvgIpc) is 2.73. The number of nitrogens with two attached hydrogens (primary N) is 1. The molecule has 0 radical (unpaired) electrons. The lowest BCUT2D eigenvalue weighted by Crippen LogP contribution is -2.38. The molecule has 3 N–H and O–H groups in total. The van der Waals surface area contributed by atoms with Gasteiger partial charge < -0.3 is 11.1 Å². The maximum Gasteiger partial charge on any atom is 0.241 e. The van der Waals surface area contributed by atoms with Crippen molar-refractivity contribution in [3.63, 3.8) is 0 Å². The van der Waals surface area contributed by atoms with E-state index >= 15 is 0 Å². The molecule has 0 spiro atoms. The molecule has 1 aliphatic carbocycles. The van der Waals surface area contributed by atoms with Crippen LogP contribution in [0.5, 0.6) is 0 Å². The third-order valence-electron chi connectivity index (χ3n) is 3.73. The minimum atomic E-state index is 0.00454. The van der Waals surface area contributed by atoms with E-state index < -0.39 is 0 Å². The Morgan fingerprint density at radius 3 is 2.83 bits per heavy atom. The SMILES string of the molecule is CC1(CNC(=O)Cn2cc(N)cn2)CCCCC1. The van der Waals surface area contributed by atoms with Crippen molar-refractivity contribution < 1.29 is 4.79 Å². The van der Waals surface area contributed by atoms with E-state index in [1.54, 1.807) is 17.1 Å². The highest BCUT2D eigenvalue weighted by Crippen LogP contribution is 2.34. The summed E-state index contributed by atoms with van der Waals surface area (Å²) in [6, 6.07) is 0. The molecule has 1 amide bonds. The van der Waals surface area contributed by atoms with E-state index in [0.29, 0.717) is 5.69 Å². The van der Waals surface area contributed by atoms with E-state index in [-0.39, 0.29) is 17.9 Å². The van der Waals surface area contributed by atoms with Crippen molar-refractivity contribution >= 4 is 11.6 Å². The third-order valence-corrected chi connectivity index (χ3v) is 3.73. The van der Waals surface area contributed by atoms with E-state index in [1.165, 1.54) is 32.1 Å². The van der Waals surface area contributed by atoms with Crippen LogP contribution in [-0.2, 0) is 11.3 Å². The maximum absolute atomic E-state index is 11.8. The summed E-state index contributed by atoms with van der Waals surface area (Å²) < 4.78 is 1.56. The fraction of sp³-hybridized carbons (Fsp3) is 0.692. The summed E-state index contributed by atoms with van der Waals surface area (Å²) in [6.07, 6.45) is 9.53. The van der Waals surface area contributed by atoms with Crippen molar-refractivity contribution in [1.82, 2.24) is 15.1 Å². The van der Waals surface area contributed by atoms with Gasteiger partial charge in [-0.05, 0) is 18.3 Å². The Hall–Kier alpha value is -1.52. The number of carbonyl (C=O) groups is 1. The minimum Gasteiger partial charge on any atom is -0.396 e. The Labute approximate surface area is 108 Å². The number of hydrogen-bond donors (Lipinski definition) is 2. The zero-order valence-electron chi connectivity index (χ0n) is 11.0. The zero-order chi connectivity index (χ0) is 13.0. The molecular weight excluding hydrogens is 228 g/mol. The van der Waals surface area contributed by atoms with Crippen molar-refractivity contribution in [1.29, 1.82) is 0 Å². The van der Waals surface area contributed by atoms with Gasteiger partial charge in [0.15, 0.2) is 0 Å². The van der Waals surface area contributed by atoms with Crippen LogP contribution in [0.1, 0.15) is 39.0 Å². The van der Waals surface area contributed by atoms with Gasteiger partial charge in [0.05, 0.1) is 11.9 Å². The van der Waals surface area contributed by atoms with Gasteiger partial charge in [-0.15, -0.1) is 0 Å². The van der Waals surface area contributed by atoms with E-state index in [9.17, 15) is 4.79 Å². The highest BCUT2D eigenvalue weighted by molar-refractivity contribution is 5.75. The van der Waals surface area contributed by atoms with Crippen molar-refractivity contribution in [3.05, 3.63) is 12.4 Å². The van der Waals surface area contributed by atoms with Crippen LogP contribution in [0.4, 0.5) is 5.69 Å². The second-order valence-corrected chi connectivity index (χ2v) is 5.62. The summed E-state index contributed by atoms with van der Waals surface area (Å²) in [4.78, 5) is 11.8. The van der Waals surface area contributed by atoms with Crippen LogP contribution >= 0.6 is 0 Å². The fourth-order valence-electron chi connectivity index (χ4n) is 2.56. The normalized spacial score (nSPS) is 18.5. The lowest BCUT2D eigenvalue weighted by molar-refractivity contribution is -0.122. The van der Waals surface area contributed by atoms with E-state index in [0.717, 1.165) is 6.54 Å². The number of nitrogen functional groups attached to an aromatic ring is 1. The van der Waals surface area contributed by atoms with Crippen LogP contribution in [0.2, 0.25) is 0 Å². The topological polar surface area (TPSA) is 72.9 Å². The molecule has 1 saturated carbocycles. The van der Waals surface area contributed by atoms with Gasteiger partial charge in [0.2, 0.25) is 5.91 Å². The Kier molecular flexibility index (Phi) is 3.89. The van der Waals surface area contributed by atoms with Crippen LogP contribution in [0.3, 0.4) is 0 Å². The average molecular weight is 250 g/mol.